The van der Waals surface area contributed by atoms with Gasteiger partial charge in [-0.05, 0) is 49.7 Å². The molecule has 0 radical (unpaired) electrons. The fourth-order valence-corrected chi connectivity index (χ4v) is 7.13. The summed E-state index contributed by atoms with van der Waals surface area (Å²) >= 11 is 1.36. The van der Waals surface area contributed by atoms with Gasteiger partial charge >= 0.3 is 0 Å². The number of rotatable bonds is 8. The standard InChI is InChI=1S/C28H32F2N8O2S2/c1-4-7-38(28-33-22(16-41-28)27-34-24(31)15-25(32)35-27)23-12-18(6-5-17(23)2)26-20(29)13-19(14-21(26)30)42(39,40)37-10-8-36(3)9-11-37/h5-6,12-16H,4,7-11H2,1-3H3,(H4,31,32,34,35). The fourth-order valence-electron chi connectivity index (χ4n) is 4.84. The Kier molecular flexibility index (Phi) is 8.42. The van der Waals surface area contributed by atoms with Gasteiger partial charge in [-0.25, -0.2) is 32.2 Å². The molecule has 222 valence electrons. The van der Waals surface area contributed by atoms with Gasteiger partial charge in [0.15, 0.2) is 11.0 Å². The van der Waals surface area contributed by atoms with Gasteiger partial charge in [0.1, 0.15) is 29.0 Å². The summed E-state index contributed by atoms with van der Waals surface area (Å²) in [5, 5.41) is 2.43. The number of hydrogen-bond donors (Lipinski definition) is 2. The highest BCUT2D eigenvalue weighted by Gasteiger charge is 2.30. The molecule has 1 aliphatic rings. The minimum Gasteiger partial charge on any atom is -0.384 e. The molecule has 5 rings (SSSR count). The van der Waals surface area contributed by atoms with E-state index in [0.717, 1.165) is 24.1 Å². The highest BCUT2D eigenvalue weighted by molar-refractivity contribution is 7.89. The molecule has 2 aromatic carbocycles. The molecule has 0 bridgehead atoms. The second-order valence-electron chi connectivity index (χ2n) is 10.2. The molecular formula is C28H32F2N8O2S2. The Morgan fingerprint density at radius 3 is 2.24 bits per heavy atom. The van der Waals surface area contributed by atoms with Gasteiger partial charge in [-0.3, -0.25) is 0 Å². The van der Waals surface area contributed by atoms with E-state index in [1.165, 1.54) is 21.7 Å². The SMILES string of the molecule is CCCN(c1nc(-c2nc(N)cc(N)n2)cs1)c1cc(-c2c(F)cc(S(=O)(=O)N3CCN(C)CC3)cc2F)ccc1C. The Labute approximate surface area is 247 Å². The van der Waals surface area contributed by atoms with Crippen molar-refractivity contribution in [3.05, 3.63) is 59.0 Å². The maximum absolute atomic E-state index is 15.5. The summed E-state index contributed by atoms with van der Waals surface area (Å²) in [5.41, 5.74) is 13.7. The number of likely N-dealkylation sites (N-methyl/N-ethyl adjacent to an activating group) is 1. The van der Waals surface area contributed by atoms with Crippen molar-refractivity contribution in [2.45, 2.75) is 25.2 Å². The van der Waals surface area contributed by atoms with Gasteiger partial charge in [0.25, 0.3) is 0 Å². The molecule has 1 fully saturated rings. The molecule has 3 heterocycles. The predicted molar refractivity (Wildman–Crippen MR) is 162 cm³/mol. The highest BCUT2D eigenvalue weighted by Crippen LogP contribution is 2.38. The van der Waals surface area contributed by atoms with E-state index < -0.39 is 26.6 Å². The first-order valence-corrected chi connectivity index (χ1v) is 15.7. The quantitative estimate of drug-likeness (QED) is 0.294. The van der Waals surface area contributed by atoms with Crippen LogP contribution in [0.1, 0.15) is 18.9 Å². The lowest BCUT2D eigenvalue weighted by Gasteiger charge is -2.31. The first-order chi connectivity index (χ1) is 20.0. The zero-order valence-electron chi connectivity index (χ0n) is 23.5. The third-order valence-corrected chi connectivity index (χ3v) is 9.81. The topological polar surface area (TPSA) is 135 Å². The highest BCUT2D eigenvalue weighted by atomic mass is 32.2. The summed E-state index contributed by atoms with van der Waals surface area (Å²) in [6.45, 7) is 6.09. The Morgan fingerprint density at radius 2 is 1.62 bits per heavy atom. The van der Waals surface area contributed by atoms with Crippen LogP contribution < -0.4 is 16.4 Å². The van der Waals surface area contributed by atoms with Crippen LogP contribution in [0.3, 0.4) is 0 Å². The maximum Gasteiger partial charge on any atom is 0.243 e. The zero-order chi connectivity index (χ0) is 30.2. The number of sulfonamides is 1. The summed E-state index contributed by atoms with van der Waals surface area (Å²) in [6.07, 6.45) is 0.766. The number of hydrogen-bond acceptors (Lipinski definition) is 10. The molecule has 0 spiro atoms. The smallest absolute Gasteiger partial charge is 0.243 e. The van der Waals surface area contributed by atoms with Gasteiger partial charge in [0.2, 0.25) is 10.0 Å². The van der Waals surface area contributed by atoms with Crippen molar-refractivity contribution in [2.24, 2.45) is 0 Å². The number of nitrogens with two attached hydrogens (primary N) is 2. The van der Waals surface area contributed by atoms with E-state index in [4.69, 9.17) is 16.5 Å². The zero-order valence-corrected chi connectivity index (χ0v) is 25.1. The summed E-state index contributed by atoms with van der Waals surface area (Å²) in [4.78, 5) is 16.7. The van der Waals surface area contributed by atoms with Crippen molar-refractivity contribution in [1.29, 1.82) is 0 Å². The third-order valence-electron chi connectivity index (χ3n) is 7.07. The summed E-state index contributed by atoms with van der Waals surface area (Å²) in [6, 6.07) is 8.35. The van der Waals surface area contributed by atoms with Crippen LogP contribution in [0, 0.1) is 18.6 Å². The number of nitrogens with zero attached hydrogens (tertiary/aromatic N) is 6. The number of anilines is 4. The summed E-state index contributed by atoms with van der Waals surface area (Å²) in [5.74, 6) is -1.15. The van der Waals surface area contributed by atoms with Crippen LogP contribution in [-0.2, 0) is 10.0 Å². The van der Waals surface area contributed by atoms with Gasteiger partial charge in [-0.1, -0.05) is 19.1 Å². The molecule has 0 amide bonds. The van der Waals surface area contributed by atoms with E-state index >= 15 is 8.78 Å². The van der Waals surface area contributed by atoms with Crippen molar-refractivity contribution < 1.29 is 17.2 Å². The average molecular weight is 615 g/mol. The molecule has 0 saturated carbocycles. The van der Waals surface area contributed by atoms with Crippen LogP contribution in [0.5, 0.6) is 0 Å². The van der Waals surface area contributed by atoms with Crippen molar-refractivity contribution in [3.63, 3.8) is 0 Å². The van der Waals surface area contributed by atoms with Gasteiger partial charge < -0.3 is 21.3 Å². The monoisotopic (exact) mass is 614 g/mol. The van der Waals surface area contributed by atoms with Gasteiger partial charge in [-0.2, -0.15) is 4.31 Å². The molecule has 42 heavy (non-hydrogen) atoms. The molecule has 0 unspecified atom stereocenters. The molecule has 1 saturated heterocycles. The first kappa shape index (κ1) is 29.8. The molecule has 4 N–H and O–H groups in total. The largest absolute Gasteiger partial charge is 0.384 e. The van der Waals surface area contributed by atoms with Crippen LogP contribution in [0.15, 0.2) is 46.7 Å². The van der Waals surface area contributed by atoms with E-state index in [2.05, 4.69) is 9.97 Å². The van der Waals surface area contributed by atoms with Crippen molar-refractivity contribution >= 4 is 43.8 Å². The van der Waals surface area contributed by atoms with E-state index in [1.54, 1.807) is 23.6 Å². The average Bonchev–Trinajstić information content (AvgIpc) is 3.42. The molecule has 2 aromatic heterocycles. The molecule has 1 aliphatic heterocycles. The van der Waals surface area contributed by atoms with Crippen LogP contribution >= 0.6 is 11.3 Å². The number of aromatic nitrogens is 3. The van der Waals surface area contributed by atoms with Gasteiger partial charge in [0, 0.05) is 49.9 Å². The Balaban J connectivity index is 1.50. The molecule has 14 heteroatoms. The van der Waals surface area contributed by atoms with Crippen molar-refractivity contribution in [3.8, 4) is 22.6 Å². The lowest BCUT2D eigenvalue weighted by atomic mass is 10.0. The van der Waals surface area contributed by atoms with E-state index in [9.17, 15) is 8.42 Å². The van der Waals surface area contributed by atoms with E-state index in [1.807, 2.05) is 30.7 Å². The summed E-state index contributed by atoms with van der Waals surface area (Å²) < 4.78 is 58.6. The van der Waals surface area contributed by atoms with Crippen LogP contribution in [0.25, 0.3) is 22.6 Å². The molecule has 10 nitrogen and oxygen atoms in total. The van der Waals surface area contributed by atoms with E-state index in [0.29, 0.717) is 42.0 Å². The summed E-state index contributed by atoms with van der Waals surface area (Å²) in [7, 11) is -2.15. The fraction of sp³-hybridized carbons (Fsp3) is 0.321. The maximum atomic E-state index is 15.5. The molecule has 0 aliphatic carbocycles. The van der Waals surface area contributed by atoms with Crippen LogP contribution in [0.4, 0.5) is 31.2 Å². The Morgan fingerprint density at radius 1 is 0.976 bits per heavy atom. The third kappa shape index (κ3) is 5.93. The minimum absolute atomic E-state index is 0.229. The molecule has 4 aromatic rings. The van der Waals surface area contributed by atoms with Gasteiger partial charge in [-0.15, -0.1) is 11.3 Å². The number of halogens is 2. The number of piperazine rings is 1. The second-order valence-corrected chi connectivity index (χ2v) is 13.0. The van der Waals surface area contributed by atoms with Crippen LogP contribution in [-0.4, -0.2) is 72.3 Å². The molecular weight excluding hydrogens is 582 g/mol. The number of benzene rings is 2. The minimum atomic E-state index is -4.04. The van der Waals surface area contributed by atoms with Gasteiger partial charge in [0.05, 0.1) is 10.5 Å². The predicted octanol–water partition coefficient (Wildman–Crippen LogP) is 4.50. The van der Waals surface area contributed by atoms with Crippen molar-refractivity contribution in [2.75, 3.05) is 56.1 Å². The van der Waals surface area contributed by atoms with E-state index in [-0.39, 0.29) is 35.9 Å². The first-order valence-electron chi connectivity index (χ1n) is 13.4. The van der Waals surface area contributed by atoms with Crippen LogP contribution in [0.2, 0.25) is 0 Å². The Bertz CT molecular complexity index is 1680. The number of aryl methyl sites for hydroxylation is 1. The lowest BCUT2D eigenvalue weighted by Crippen LogP contribution is -2.47. The molecule has 0 atom stereocenters. The van der Waals surface area contributed by atoms with Crippen molar-refractivity contribution in [1.82, 2.24) is 24.2 Å². The number of thiazole rings is 1. The number of nitrogen functional groups attached to an aromatic ring is 2. The lowest BCUT2D eigenvalue weighted by molar-refractivity contribution is 0.222. The normalized spacial score (nSPS) is 14.8. The Hall–Kier alpha value is -3.72. The second kappa shape index (κ2) is 11.9.